The molecular formula is C13H19ClN4O2. The van der Waals surface area contributed by atoms with Gasteiger partial charge < -0.3 is 15.0 Å². The second-order valence-electron chi connectivity index (χ2n) is 5.90. The third-order valence-electron chi connectivity index (χ3n) is 2.82. The van der Waals surface area contributed by atoms with Crippen molar-refractivity contribution in [2.75, 3.05) is 18.4 Å². The van der Waals surface area contributed by atoms with Gasteiger partial charge in [0.25, 0.3) is 0 Å². The minimum absolute atomic E-state index is 0.159. The topological polar surface area (TPSA) is 67.4 Å². The zero-order valence-corrected chi connectivity index (χ0v) is 12.9. The zero-order chi connectivity index (χ0) is 14.9. The molecule has 6 nitrogen and oxygen atoms in total. The maximum atomic E-state index is 11.8. The summed E-state index contributed by atoms with van der Waals surface area (Å²) in [6.45, 7) is 8.65. The molecule has 1 N–H and O–H groups in total. The van der Waals surface area contributed by atoms with Gasteiger partial charge in [-0.15, -0.1) is 0 Å². The minimum Gasteiger partial charge on any atom is -0.444 e. The Labute approximate surface area is 123 Å². The Balaban J connectivity index is 1.85. The fourth-order valence-electron chi connectivity index (χ4n) is 1.81. The number of nitrogens with one attached hydrogen (secondary N) is 1. The monoisotopic (exact) mass is 298 g/mol. The highest BCUT2D eigenvalue weighted by molar-refractivity contribution is 6.28. The summed E-state index contributed by atoms with van der Waals surface area (Å²) in [6, 6.07) is 0.159. The first-order valence-corrected chi connectivity index (χ1v) is 6.86. The largest absolute Gasteiger partial charge is 0.444 e. The van der Waals surface area contributed by atoms with Crippen molar-refractivity contribution in [2.24, 2.45) is 0 Å². The Morgan fingerprint density at radius 3 is 2.75 bits per heavy atom. The number of carbonyl (C=O) groups excluding carboxylic acids is 1. The van der Waals surface area contributed by atoms with Gasteiger partial charge in [0.15, 0.2) is 0 Å². The molecule has 0 aromatic carbocycles. The normalized spacial score (nSPS) is 15.8. The lowest BCUT2D eigenvalue weighted by molar-refractivity contribution is 0.0104. The number of nitrogens with zero attached hydrogens (tertiary/aromatic N) is 3. The fraction of sp³-hybridized carbons (Fsp3) is 0.615. The summed E-state index contributed by atoms with van der Waals surface area (Å²) in [4.78, 5) is 21.5. The minimum atomic E-state index is -0.466. The maximum Gasteiger partial charge on any atom is 0.410 e. The van der Waals surface area contributed by atoms with Crippen LogP contribution in [0.5, 0.6) is 0 Å². The Morgan fingerprint density at radius 2 is 2.15 bits per heavy atom. The van der Waals surface area contributed by atoms with Crippen LogP contribution < -0.4 is 5.32 Å². The molecule has 0 spiro atoms. The molecule has 110 valence electrons. The van der Waals surface area contributed by atoms with E-state index in [0.717, 1.165) is 5.56 Å². The number of hydrogen-bond donors (Lipinski definition) is 1. The van der Waals surface area contributed by atoms with Crippen LogP contribution in [-0.2, 0) is 4.74 Å². The molecular weight excluding hydrogens is 280 g/mol. The van der Waals surface area contributed by atoms with E-state index in [2.05, 4.69) is 15.3 Å². The first kappa shape index (κ1) is 14.8. The third kappa shape index (κ3) is 3.72. The average Bonchev–Trinajstić information content (AvgIpc) is 2.24. The van der Waals surface area contributed by atoms with Gasteiger partial charge in [-0.1, -0.05) is 0 Å². The van der Waals surface area contributed by atoms with E-state index >= 15 is 0 Å². The number of aromatic nitrogens is 2. The molecule has 7 heteroatoms. The van der Waals surface area contributed by atoms with Crippen LogP contribution in [0.4, 0.5) is 10.6 Å². The molecule has 0 aliphatic carbocycles. The molecule has 1 amide bonds. The number of amides is 1. The number of anilines is 1. The molecule has 0 radical (unpaired) electrons. The van der Waals surface area contributed by atoms with Crippen LogP contribution in [0.2, 0.25) is 5.28 Å². The van der Waals surface area contributed by atoms with Gasteiger partial charge in [0.2, 0.25) is 5.28 Å². The van der Waals surface area contributed by atoms with Crippen molar-refractivity contribution in [3.05, 3.63) is 17.0 Å². The Hall–Kier alpha value is -1.56. The van der Waals surface area contributed by atoms with Gasteiger partial charge in [-0.25, -0.2) is 14.8 Å². The van der Waals surface area contributed by atoms with Crippen LogP contribution in [0, 0.1) is 6.92 Å². The van der Waals surface area contributed by atoms with E-state index in [1.54, 1.807) is 11.1 Å². The van der Waals surface area contributed by atoms with Crippen molar-refractivity contribution in [2.45, 2.75) is 39.3 Å². The van der Waals surface area contributed by atoms with Crippen molar-refractivity contribution in [3.8, 4) is 0 Å². The van der Waals surface area contributed by atoms with E-state index in [1.165, 1.54) is 0 Å². The molecule has 1 fully saturated rings. The summed E-state index contributed by atoms with van der Waals surface area (Å²) in [7, 11) is 0. The molecule has 1 aromatic rings. The maximum absolute atomic E-state index is 11.8. The molecule has 0 saturated carbocycles. The second kappa shape index (κ2) is 5.44. The van der Waals surface area contributed by atoms with Crippen LogP contribution in [0.25, 0.3) is 0 Å². The summed E-state index contributed by atoms with van der Waals surface area (Å²) in [5.74, 6) is 0.707. The lowest BCUT2D eigenvalue weighted by atomic mass is 10.1. The van der Waals surface area contributed by atoms with Crippen LogP contribution in [-0.4, -0.2) is 45.7 Å². The Bertz CT molecular complexity index is 510. The van der Waals surface area contributed by atoms with Gasteiger partial charge in [0.05, 0.1) is 6.04 Å². The highest BCUT2D eigenvalue weighted by atomic mass is 35.5. The summed E-state index contributed by atoms with van der Waals surface area (Å²) in [5, 5.41) is 3.46. The summed E-state index contributed by atoms with van der Waals surface area (Å²) >= 11 is 5.77. The molecule has 1 saturated heterocycles. The van der Waals surface area contributed by atoms with E-state index in [-0.39, 0.29) is 17.4 Å². The summed E-state index contributed by atoms with van der Waals surface area (Å²) < 4.78 is 5.30. The van der Waals surface area contributed by atoms with Crippen LogP contribution in [0.1, 0.15) is 26.3 Å². The molecule has 1 aliphatic rings. The number of halogens is 1. The van der Waals surface area contributed by atoms with E-state index in [0.29, 0.717) is 18.9 Å². The van der Waals surface area contributed by atoms with Gasteiger partial charge in [-0.05, 0) is 39.3 Å². The van der Waals surface area contributed by atoms with Crippen molar-refractivity contribution >= 4 is 23.5 Å². The first-order valence-electron chi connectivity index (χ1n) is 6.48. The number of rotatable bonds is 2. The van der Waals surface area contributed by atoms with E-state index in [4.69, 9.17) is 16.3 Å². The standard InChI is InChI=1S/C13H19ClN4O2/c1-8-5-15-11(14)17-10(8)16-9-6-18(7-9)12(19)20-13(2,3)4/h5,9H,6-7H2,1-4H3,(H,15,16,17). The average molecular weight is 299 g/mol. The van der Waals surface area contributed by atoms with Crippen molar-refractivity contribution in [1.82, 2.24) is 14.9 Å². The lowest BCUT2D eigenvalue weighted by Crippen LogP contribution is -2.58. The SMILES string of the molecule is Cc1cnc(Cl)nc1NC1CN(C(=O)OC(C)(C)C)C1. The van der Waals surface area contributed by atoms with Gasteiger partial charge in [-0.3, -0.25) is 0 Å². The van der Waals surface area contributed by atoms with Gasteiger partial charge in [-0.2, -0.15) is 0 Å². The quantitative estimate of drug-likeness (QED) is 0.850. The molecule has 2 heterocycles. The molecule has 20 heavy (non-hydrogen) atoms. The predicted octanol–water partition coefficient (Wildman–Crippen LogP) is 2.47. The number of aryl methyl sites for hydroxylation is 1. The molecule has 0 atom stereocenters. The van der Waals surface area contributed by atoms with E-state index in [9.17, 15) is 4.79 Å². The summed E-state index contributed by atoms with van der Waals surface area (Å²) in [6.07, 6.45) is 1.38. The first-order chi connectivity index (χ1) is 9.24. The molecule has 0 bridgehead atoms. The number of hydrogen-bond acceptors (Lipinski definition) is 5. The van der Waals surface area contributed by atoms with Crippen LogP contribution in [0.15, 0.2) is 6.20 Å². The van der Waals surface area contributed by atoms with Crippen LogP contribution in [0.3, 0.4) is 0 Å². The molecule has 0 unspecified atom stereocenters. The highest BCUT2D eigenvalue weighted by Crippen LogP contribution is 2.20. The molecule has 1 aliphatic heterocycles. The van der Waals surface area contributed by atoms with Gasteiger partial charge >= 0.3 is 6.09 Å². The summed E-state index contributed by atoms with van der Waals surface area (Å²) in [5.41, 5.74) is 0.455. The predicted molar refractivity (Wildman–Crippen MR) is 77.0 cm³/mol. The lowest BCUT2D eigenvalue weighted by Gasteiger charge is -2.40. The van der Waals surface area contributed by atoms with Crippen molar-refractivity contribution < 1.29 is 9.53 Å². The number of ether oxygens (including phenoxy) is 1. The fourth-order valence-corrected chi connectivity index (χ4v) is 1.94. The number of likely N-dealkylation sites (tertiary alicyclic amines) is 1. The van der Waals surface area contributed by atoms with Crippen LogP contribution >= 0.6 is 11.6 Å². The Kier molecular flexibility index (Phi) is 4.04. The number of carbonyl (C=O) groups is 1. The zero-order valence-electron chi connectivity index (χ0n) is 12.1. The molecule has 1 aromatic heterocycles. The third-order valence-corrected chi connectivity index (χ3v) is 3.00. The highest BCUT2D eigenvalue weighted by Gasteiger charge is 2.34. The van der Waals surface area contributed by atoms with Gasteiger partial charge in [0.1, 0.15) is 11.4 Å². The smallest absolute Gasteiger partial charge is 0.410 e. The van der Waals surface area contributed by atoms with Crippen molar-refractivity contribution in [3.63, 3.8) is 0 Å². The van der Waals surface area contributed by atoms with Crippen molar-refractivity contribution in [1.29, 1.82) is 0 Å². The second-order valence-corrected chi connectivity index (χ2v) is 6.24. The molecule has 2 rings (SSSR count). The van der Waals surface area contributed by atoms with Gasteiger partial charge in [0, 0.05) is 24.8 Å². The van der Waals surface area contributed by atoms with E-state index < -0.39 is 5.60 Å². The Morgan fingerprint density at radius 1 is 1.50 bits per heavy atom. The van der Waals surface area contributed by atoms with E-state index in [1.807, 2.05) is 27.7 Å².